The third-order valence-corrected chi connectivity index (χ3v) is 2.25. The van der Waals surface area contributed by atoms with Gasteiger partial charge in [-0.05, 0) is 37.9 Å². The number of carboxylic acid groups (broad SMARTS) is 1. The lowest BCUT2D eigenvalue weighted by Gasteiger charge is -2.14. The number of pyridine rings is 1. The Morgan fingerprint density at radius 1 is 1.56 bits per heavy atom. The summed E-state index contributed by atoms with van der Waals surface area (Å²) in [6, 6.07) is 2.99. The lowest BCUT2D eigenvalue weighted by atomic mass is 10.1. The molecule has 0 fully saturated rings. The number of nitrogens with zero attached hydrogens (tertiary/aromatic N) is 1. The quantitative estimate of drug-likeness (QED) is 0.602. The monoisotopic (exact) mass is 223 g/mol. The van der Waals surface area contributed by atoms with Crippen molar-refractivity contribution >= 4 is 11.7 Å². The fraction of sp³-hybridized carbons (Fsp3) is 0.455. The molecular formula is C11H17N3O2. The number of hydrogen-bond acceptors (Lipinski definition) is 4. The molecule has 0 aliphatic heterocycles. The van der Waals surface area contributed by atoms with E-state index in [1.807, 2.05) is 0 Å². The Morgan fingerprint density at radius 2 is 2.38 bits per heavy atom. The van der Waals surface area contributed by atoms with Gasteiger partial charge in [-0.1, -0.05) is 0 Å². The van der Waals surface area contributed by atoms with Gasteiger partial charge in [0.2, 0.25) is 0 Å². The number of aliphatic carboxylic acids is 1. The Labute approximate surface area is 94.7 Å². The summed E-state index contributed by atoms with van der Waals surface area (Å²) in [5.74, 6) is -0.846. The minimum Gasteiger partial charge on any atom is -0.480 e. The second-order valence-corrected chi connectivity index (χ2v) is 3.56. The van der Waals surface area contributed by atoms with Gasteiger partial charge >= 0.3 is 5.97 Å². The average Bonchev–Trinajstić information content (AvgIpc) is 2.29. The fourth-order valence-corrected chi connectivity index (χ4v) is 1.40. The molecule has 0 spiro atoms. The van der Waals surface area contributed by atoms with Crippen LogP contribution >= 0.6 is 0 Å². The summed E-state index contributed by atoms with van der Waals surface area (Å²) in [5, 5.41) is 12.0. The maximum Gasteiger partial charge on any atom is 0.326 e. The number of aromatic nitrogens is 1. The normalized spacial score (nSPS) is 12.1. The van der Waals surface area contributed by atoms with Crippen molar-refractivity contribution in [2.45, 2.75) is 25.3 Å². The maximum absolute atomic E-state index is 11.0. The van der Waals surface area contributed by atoms with Crippen LogP contribution in [-0.2, 0) is 4.79 Å². The van der Waals surface area contributed by atoms with Crippen LogP contribution in [0.3, 0.4) is 0 Å². The van der Waals surface area contributed by atoms with Gasteiger partial charge in [-0.15, -0.1) is 0 Å². The molecule has 5 heteroatoms. The van der Waals surface area contributed by atoms with Gasteiger partial charge in [-0.25, -0.2) is 4.79 Å². The highest BCUT2D eigenvalue weighted by atomic mass is 16.4. The molecule has 0 radical (unpaired) electrons. The summed E-state index contributed by atoms with van der Waals surface area (Å²) in [5.41, 5.74) is 6.09. The highest BCUT2D eigenvalue weighted by Gasteiger charge is 2.16. The third kappa shape index (κ3) is 4.27. The number of hydrogen-bond donors (Lipinski definition) is 3. The average molecular weight is 223 g/mol. The van der Waals surface area contributed by atoms with Gasteiger partial charge in [-0.3, -0.25) is 4.98 Å². The zero-order valence-electron chi connectivity index (χ0n) is 9.10. The van der Waals surface area contributed by atoms with Crippen molar-refractivity contribution in [2.75, 3.05) is 11.9 Å². The topological polar surface area (TPSA) is 88.2 Å². The minimum absolute atomic E-state index is 0.571. The molecule has 4 N–H and O–H groups in total. The van der Waals surface area contributed by atoms with Crippen LogP contribution in [-0.4, -0.2) is 28.6 Å². The molecule has 1 aromatic rings. The number of anilines is 1. The molecule has 0 unspecified atom stereocenters. The first kappa shape index (κ1) is 12.4. The summed E-state index contributed by atoms with van der Waals surface area (Å²) < 4.78 is 0. The van der Waals surface area contributed by atoms with Crippen molar-refractivity contribution in [1.82, 2.24) is 4.98 Å². The van der Waals surface area contributed by atoms with Gasteiger partial charge in [0.1, 0.15) is 6.04 Å². The summed E-state index contributed by atoms with van der Waals surface area (Å²) in [4.78, 5) is 14.9. The minimum atomic E-state index is -0.846. The molecule has 88 valence electrons. The second kappa shape index (κ2) is 6.79. The van der Waals surface area contributed by atoms with Gasteiger partial charge in [0.05, 0.1) is 5.69 Å². The second-order valence-electron chi connectivity index (χ2n) is 3.56. The van der Waals surface area contributed by atoms with E-state index >= 15 is 0 Å². The molecule has 16 heavy (non-hydrogen) atoms. The van der Waals surface area contributed by atoms with Crippen LogP contribution in [0.4, 0.5) is 5.69 Å². The Bertz CT molecular complexity index is 316. The van der Waals surface area contributed by atoms with Crippen molar-refractivity contribution in [3.63, 3.8) is 0 Å². The molecule has 1 rings (SSSR count). The molecule has 0 bridgehead atoms. The van der Waals surface area contributed by atoms with Gasteiger partial charge in [0.25, 0.3) is 0 Å². The molecule has 5 nitrogen and oxygen atoms in total. The molecule has 0 amide bonds. The highest BCUT2D eigenvalue weighted by molar-refractivity contribution is 5.77. The van der Waals surface area contributed by atoms with E-state index in [9.17, 15) is 4.79 Å². The van der Waals surface area contributed by atoms with Gasteiger partial charge in [-0.2, -0.15) is 0 Å². The molecule has 0 aliphatic rings. The zero-order valence-corrected chi connectivity index (χ0v) is 9.10. The smallest absolute Gasteiger partial charge is 0.326 e. The van der Waals surface area contributed by atoms with Crippen molar-refractivity contribution in [2.24, 2.45) is 5.73 Å². The Kier molecular flexibility index (Phi) is 5.28. The molecule has 0 aromatic carbocycles. The molecular weight excluding hydrogens is 206 g/mol. The predicted molar refractivity (Wildman–Crippen MR) is 62.2 cm³/mol. The molecule has 1 heterocycles. The van der Waals surface area contributed by atoms with Gasteiger partial charge in [0.15, 0.2) is 0 Å². The molecule has 0 saturated carbocycles. The van der Waals surface area contributed by atoms with E-state index in [4.69, 9.17) is 10.8 Å². The number of carbonyl (C=O) groups is 1. The molecule has 1 atom stereocenters. The third-order valence-electron chi connectivity index (χ3n) is 2.25. The first-order valence-electron chi connectivity index (χ1n) is 5.33. The first-order chi connectivity index (χ1) is 7.74. The van der Waals surface area contributed by atoms with Gasteiger partial charge in [0, 0.05) is 12.4 Å². The molecule has 0 aliphatic carbocycles. The first-order valence-corrected chi connectivity index (χ1v) is 5.33. The molecule has 1 aromatic heterocycles. The summed E-state index contributed by atoms with van der Waals surface area (Å²) in [7, 11) is 0. The van der Waals surface area contributed by atoms with Crippen LogP contribution in [0.15, 0.2) is 24.5 Å². The van der Waals surface area contributed by atoms with Crippen LogP contribution in [0, 0.1) is 0 Å². The van der Waals surface area contributed by atoms with Crippen LogP contribution in [0.25, 0.3) is 0 Å². The summed E-state index contributed by atoms with van der Waals surface area (Å²) in [6.07, 6.45) is 5.48. The van der Waals surface area contributed by atoms with E-state index < -0.39 is 12.0 Å². The van der Waals surface area contributed by atoms with E-state index in [1.54, 1.807) is 24.5 Å². The van der Waals surface area contributed by atoms with E-state index in [2.05, 4.69) is 10.3 Å². The van der Waals surface area contributed by atoms with Crippen LogP contribution in [0.1, 0.15) is 19.3 Å². The van der Waals surface area contributed by atoms with Crippen LogP contribution < -0.4 is 11.1 Å². The van der Waals surface area contributed by atoms with E-state index in [-0.39, 0.29) is 0 Å². The number of unbranched alkanes of at least 4 members (excludes halogenated alkanes) is 1. The van der Waals surface area contributed by atoms with Crippen molar-refractivity contribution < 1.29 is 9.90 Å². The Morgan fingerprint density at radius 3 is 2.94 bits per heavy atom. The van der Waals surface area contributed by atoms with Crippen molar-refractivity contribution in [3.8, 4) is 0 Å². The largest absolute Gasteiger partial charge is 0.480 e. The lowest BCUT2D eigenvalue weighted by molar-refractivity contribution is -0.138. The number of nitrogens with one attached hydrogen (secondary N) is 1. The Hall–Kier alpha value is -1.62. The Balaban J connectivity index is 2.48. The number of rotatable bonds is 7. The predicted octanol–water partition coefficient (Wildman–Crippen LogP) is 1.08. The van der Waals surface area contributed by atoms with Crippen LogP contribution in [0.2, 0.25) is 0 Å². The number of carboxylic acids is 1. The van der Waals surface area contributed by atoms with Crippen LogP contribution in [0.5, 0.6) is 0 Å². The summed E-state index contributed by atoms with van der Waals surface area (Å²) >= 11 is 0. The van der Waals surface area contributed by atoms with E-state index in [1.165, 1.54) is 0 Å². The highest BCUT2D eigenvalue weighted by Crippen LogP contribution is 2.09. The SMILES string of the molecule is NCCCC[C@H](Nc1cccnc1)C(=O)O. The molecule has 0 saturated heterocycles. The van der Waals surface area contributed by atoms with E-state index in [0.29, 0.717) is 13.0 Å². The lowest BCUT2D eigenvalue weighted by Crippen LogP contribution is -2.29. The maximum atomic E-state index is 11.0. The fourth-order valence-electron chi connectivity index (χ4n) is 1.40. The van der Waals surface area contributed by atoms with Crippen molar-refractivity contribution in [1.29, 1.82) is 0 Å². The summed E-state index contributed by atoms with van der Waals surface area (Å²) in [6.45, 7) is 0.596. The zero-order chi connectivity index (χ0) is 11.8. The van der Waals surface area contributed by atoms with Crippen molar-refractivity contribution in [3.05, 3.63) is 24.5 Å². The van der Waals surface area contributed by atoms with Gasteiger partial charge < -0.3 is 16.2 Å². The number of nitrogens with two attached hydrogens (primary N) is 1. The standard InChI is InChI=1S/C11H17N3O2/c12-6-2-1-5-10(11(15)16)14-9-4-3-7-13-8-9/h3-4,7-8,10,14H,1-2,5-6,12H2,(H,15,16)/t10-/m0/s1. The van der Waals surface area contributed by atoms with E-state index in [0.717, 1.165) is 18.5 Å².